The molecule has 0 saturated carbocycles. The highest BCUT2D eigenvalue weighted by Gasteiger charge is 2.30. The Kier molecular flexibility index (Phi) is 6.61. The van der Waals surface area contributed by atoms with Crippen molar-refractivity contribution in [3.8, 4) is 0 Å². The van der Waals surface area contributed by atoms with E-state index in [-0.39, 0.29) is 18.1 Å². The smallest absolute Gasteiger partial charge is 0.318 e. The van der Waals surface area contributed by atoms with E-state index in [2.05, 4.69) is 17.6 Å². The molecular formula is C25H25ClN4O2. The average molecular weight is 449 g/mol. The van der Waals surface area contributed by atoms with Gasteiger partial charge in [0.25, 0.3) is 0 Å². The molecule has 2 N–H and O–H groups in total. The Morgan fingerprint density at radius 3 is 2.31 bits per heavy atom. The molecule has 1 aliphatic heterocycles. The number of carbonyl (C=O) groups excluding carboxylic acids is 2. The molecule has 32 heavy (non-hydrogen) atoms. The van der Waals surface area contributed by atoms with E-state index >= 15 is 0 Å². The average Bonchev–Trinajstić information content (AvgIpc) is 2.79. The highest BCUT2D eigenvalue weighted by atomic mass is 35.5. The summed E-state index contributed by atoms with van der Waals surface area (Å²) < 4.78 is 0. The van der Waals surface area contributed by atoms with Crippen molar-refractivity contribution in [2.24, 2.45) is 0 Å². The largest absolute Gasteiger partial charge is 0.324 e. The minimum Gasteiger partial charge on any atom is -0.318 e. The van der Waals surface area contributed by atoms with E-state index in [0.29, 0.717) is 29.5 Å². The molecule has 1 saturated heterocycles. The first kappa shape index (κ1) is 21.7. The van der Waals surface area contributed by atoms with Crippen LogP contribution in [0.4, 0.5) is 26.7 Å². The second-order valence-corrected chi connectivity index (χ2v) is 8.14. The van der Waals surface area contributed by atoms with Gasteiger partial charge >= 0.3 is 12.1 Å². The standard InChI is InChI=1S/C25H25ClN4O2/c1-18(19-8-3-2-4-9-19)29-14-7-15-30(25(29)32)23-13-6-12-22(17-23)28-24(31)27-21-11-5-10-20(26)16-21/h2-6,8-13,16-18H,7,14-15H2,1H3,(H2,27,28,31)/t18-/m0/s1. The minimum absolute atomic E-state index is 0.0173. The molecule has 3 aromatic carbocycles. The first-order valence-corrected chi connectivity index (χ1v) is 11.0. The predicted octanol–water partition coefficient (Wildman–Crippen LogP) is 6.38. The Morgan fingerprint density at radius 2 is 1.59 bits per heavy atom. The Morgan fingerprint density at radius 1 is 0.906 bits per heavy atom. The fourth-order valence-corrected chi connectivity index (χ4v) is 4.06. The molecule has 1 aliphatic rings. The number of hydrogen-bond donors (Lipinski definition) is 2. The van der Waals surface area contributed by atoms with Gasteiger partial charge in [0.15, 0.2) is 0 Å². The molecule has 4 amide bonds. The third-order valence-electron chi connectivity index (χ3n) is 5.51. The molecule has 1 heterocycles. The molecule has 0 aromatic heterocycles. The number of rotatable bonds is 5. The van der Waals surface area contributed by atoms with Crippen LogP contribution in [0.15, 0.2) is 78.9 Å². The number of amides is 4. The SMILES string of the molecule is C[C@@H](c1ccccc1)N1CCCN(c2cccc(NC(=O)Nc3cccc(Cl)c3)c2)C1=O. The zero-order chi connectivity index (χ0) is 22.5. The summed E-state index contributed by atoms with van der Waals surface area (Å²) in [6.07, 6.45) is 0.871. The molecule has 0 spiro atoms. The van der Waals surface area contributed by atoms with E-state index in [9.17, 15) is 9.59 Å². The zero-order valence-corrected chi connectivity index (χ0v) is 18.5. The van der Waals surface area contributed by atoms with E-state index in [1.54, 1.807) is 35.2 Å². The van der Waals surface area contributed by atoms with Crippen molar-refractivity contribution in [3.05, 3.63) is 89.4 Å². The molecule has 4 rings (SSSR count). The van der Waals surface area contributed by atoms with Crippen LogP contribution in [0.3, 0.4) is 0 Å². The van der Waals surface area contributed by atoms with Gasteiger partial charge in [-0.15, -0.1) is 0 Å². The lowest BCUT2D eigenvalue weighted by molar-refractivity contribution is 0.175. The van der Waals surface area contributed by atoms with Crippen molar-refractivity contribution >= 4 is 40.7 Å². The normalized spacial score (nSPS) is 14.8. The molecule has 0 unspecified atom stereocenters. The molecule has 0 radical (unpaired) electrons. The number of halogens is 1. The lowest BCUT2D eigenvalue weighted by Gasteiger charge is -2.39. The van der Waals surface area contributed by atoms with Crippen LogP contribution in [0, 0.1) is 0 Å². The molecule has 6 nitrogen and oxygen atoms in total. The summed E-state index contributed by atoms with van der Waals surface area (Å²) in [4.78, 5) is 29.3. The fourth-order valence-electron chi connectivity index (χ4n) is 3.87. The second kappa shape index (κ2) is 9.75. The van der Waals surface area contributed by atoms with E-state index in [0.717, 1.165) is 17.7 Å². The maximum Gasteiger partial charge on any atom is 0.324 e. The maximum atomic E-state index is 13.3. The van der Waals surface area contributed by atoms with E-state index in [1.165, 1.54) is 0 Å². The predicted molar refractivity (Wildman–Crippen MR) is 129 cm³/mol. The monoisotopic (exact) mass is 448 g/mol. The Hall–Kier alpha value is -3.51. The molecule has 0 bridgehead atoms. The third-order valence-corrected chi connectivity index (χ3v) is 5.74. The van der Waals surface area contributed by atoms with Gasteiger partial charge in [0.2, 0.25) is 0 Å². The number of benzene rings is 3. The van der Waals surface area contributed by atoms with Crippen molar-refractivity contribution in [2.75, 3.05) is 28.6 Å². The highest BCUT2D eigenvalue weighted by Crippen LogP contribution is 2.28. The molecule has 1 fully saturated rings. The first-order valence-electron chi connectivity index (χ1n) is 10.6. The highest BCUT2D eigenvalue weighted by molar-refractivity contribution is 6.30. The summed E-state index contributed by atoms with van der Waals surface area (Å²) in [5.41, 5.74) is 3.06. The van der Waals surface area contributed by atoms with Crippen LogP contribution in [-0.2, 0) is 0 Å². The van der Waals surface area contributed by atoms with Gasteiger partial charge < -0.3 is 15.5 Å². The summed E-state index contributed by atoms with van der Waals surface area (Å²) in [7, 11) is 0. The summed E-state index contributed by atoms with van der Waals surface area (Å²) in [5.74, 6) is 0. The van der Waals surface area contributed by atoms with Gasteiger partial charge in [0, 0.05) is 35.2 Å². The minimum atomic E-state index is -0.381. The molecule has 0 aliphatic carbocycles. The van der Waals surface area contributed by atoms with Crippen molar-refractivity contribution in [1.82, 2.24) is 4.90 Å². The summed E-state index contributed by atoms with van der Waals surface area (Å²) in [6, 6.07) is 23.9. The van der Waals surface area contributed by atoms with Gasteiger partial charge in [-0.1, -0.05) is 54.1 Å². The number of nitrogens with one attached hydrogen (secondary N) is 2. The molecule has 7 heteroatoms. The Labute approximate surface area is 192 Å². The number of nitrogens with zero attached hydrogens (tertiary/aromatic N) is 2. The van der Waals surface area contributed by atoms with Crippen molar-refractivity contribution < 1.29 is 9.59 Å². The van der Waals surface area contributed by atoms with E-state index in [4.69, 9.17) is 11.6 Å². The number of anilines is 3. The van der Waals surface area contributed by atoms with Crippen molar-refractivity contribution in [3.63, 3.8) is 0 Å². The molecule has 3 aromatic rings. The van der Waals surface area contributed by atoms with Crippen LogP contribution in [-0.4, -0.2) is 30.1 Å². The number of urea groups is 2. The maximum absolute atomic E-state index is 13.3. The number of hydrogen-bond acceptors (Lipinski definition) is 2. The van der Waals surface area contributed by atoms with E-state index < -0.39 is 0 Å². The van der Waals surface area contributed by atoms with Gasteiger partial charge in [0.1, 0.15) is 0 Å². The van der Waals surface area contributed by atoms with Gasteiger partial charge in [0.05, 0.1) is 6.04 Å². The lowest BCUT2D eigenvalue weighted by atomic mass is 10.1. The van der Waals surface area contributed by atoms with Crippen LogP contribution in [0.1, 0.15) is 24.9 Å². The fraction of sp³-hybridized carbons (Fsp3) is 0.200. The zero-order valence-electron chi connectivity index (χ0n) is 17.8. The second-order valence-electron chi connectivity index (χ2n) is 7.71. The van der Waals surface area contributed by atoms with Crippen LogP contribution in [0.5, 0.6) is 0 Å². The topological polar surface area (TPSA) is 64.7 Å². The Balaban J connectivity index is 1.46. The molecule has 164 valence electrons. The third kappa shape index (κ3) is 5.03. The molecular weight excluding hydrogens is 424 g/mol. The van der Waals surface area contributed by atoms with Crippen molar-refractivity contribution in [2.45, 2.75) is 19.4 Å². The van der Waals surface area contributed by atoms with Gasteiger partial charge in [-0.3, -0.25) is 4.90 Å². The van der Waals surface area contributed by atoms with Gasteiger partial charge in [-0.05, 0) is 55.3 Å². The van der Waals surface area contributed by atoms with Gasteiger partial charge in [-0.2, -0.15) is 0 Å². The van der Waals surface area contributed by atoms with Crippen LogP contribution in [0.2, 0.25) is 5.02 Å². The van der Waals surface area contributed by atoms with Gasteiger partial charge in [-0.25, -0.2) is 9.59 Å². The quantitative estimate of drug-likeness (QED) is 0.475. The van der Waals surface area contributed by atoms with Crippen molar-refractivity contribution in [1.29, 1.82) is 0 Å². The number of carbonyl (C=O) groups is 2. The van der Waals surface area contributed by atoms with Crippen LogP contribution < -0.4 is 15.5 Å². The summed E-state index contributed by atoms with van der Waals surface area (Å²) in [6.45, 7) is 3.40. The van der Waals surface area contributed by atoms with Crippen LogP contribution >= 0.6 is 11.6 Å². The summed E-state index contributed by atoms with van der Waals surface area (Å²) >= 11 is 5.97. The first-order chi connectivity index (χ1) is 15.5. The van der Waals surface area contributed by atoms with Crippen LogP contribution in [0.25, 0.3) is 0 Å². The molecule has 1 atom stereocenters. The lowest BCUT2D eigenvalue weighted by Crippen LogP contribution is -2.50. The Bertz CT molecular complexity index is 1110. The van der Waals surface area contributed by atoms with E-state index in [1.807, 2.05) is 53.4 Å². The summed E-state index contributed by atoms with van der Waals surface area (Å²) in [5, 5.41) is 6.12.